The van der Waals surface area contributed by atoms with Crippen LogP contribution in [0.4, 0.5) is 0 Å². The maximum Gasteiger partial charge on any atom is 0.252 e. The third kappa shape index (κ3) is 4.93. The van der Waals surface area contributed by atoms with E-state index in [1.54, 1.807) is 28.8 Å². The first kappa shape index (κ1) is 22.1. The van der Waals surface area contributed by atoms with Gasteiger partial charge in [0.2, 0.25) is 10.0 Å². The Balaban J connectivity index is 1.98. The van der Waals surface area contributed by atoms with E-state index >= 15 is 0 Å². The van der Waals surface area contributed by atoms with Gasteiger partial charge in [-0.1, -0.05) is 29.5 Å². The standard InChI is InChI=1S/C19H19N3O5S3/c1-3-10-22-16-9-8-15(30(20,26)27)12-17(16)28-19(22)21-18(23)11-13-4-6-14(7-5-13)29(2,24)25/h3-9,12H,1,10-11H2,2H3,(H2,20,26,27). The fraction of sp³-hybridized carbons (Fsp3) is 0.158. The maximum atomic E-state index is 12.5. The van der Waals surface area contributed by atoms with Crippen LogP contribution in [0.1, 0.15) is 5.56 Å². The van der Waals surface area contributed by atoms with Crippen LogP contribution in [0.25, 0.3) is 10.2 Å². The van der Waals surface area contributed by atoms with Crippen molar-refractivity contribution in [3.8, 4) is 0 Å². The summed E-state index contributed by atoms with van der Waals surface area (Å²) in [5, 5.41) is 5.19. The van der Waals surface area contributed by atoms with Crippen molar-refractivity contribution in [2.24, 2.45) is 10.1 Å². The van der Waals surface area contributed by atoms with E-state index in [2.05, 4.69) is 11.6 Å². The number of sulfone groups is 1. The third-order valence-corrected chi connectivity index (χ3v) is 7.30. The highest BCUT2D eigenvalue weighted by Gasteiger charge is 2.13. The minimum absolute atomic E-state index is 0.00515. The molecule has 3 rings (SSSR count). The lowest BCUT2D eigenvalue weighted by atomic mass is 10.1. The molecule has 11 heteroatoms. The van der Waals surface area contributed by atoms with E-state index in [9.17, 15) is 21.6 Å². The van der Waals surface area contributed by atoms with Crippen molar-refractivity contribution >= 4 is 47.3 Å². The Bertz CT molecular complexity index is 1410. The molecule has 0 bridgehead atoms. The second kappa shape index (κ2) is 8.26. The molecule has 1 amide bonds. The molecule has 1 heterocycles. The van der Waals surface area contributed by atoms with Gasteiger partial charge in [-0.2, -0.15) is 4.99 Å². The van der Waals surface area contributed by atoms with Gasteiger partial charge in [-0.05, 0) is 35.9 Å². The quantitative estimate of drug-likeness (QED) is 0.553. The molecule has 158 valence electrons. The number of sulfonamides is 1. The van der Waals surface area contributed by atoms with Gasteiger partial charge >= 0.3 is 0 Å². The molecule has 0 saturated carbocycles. The van der Waals surface area contributed by atoms with Crippen LogP contribution < -0.4 is 9.94 Å². The SMILES string of the molecule is C=CCn1c(=NC(=O)Cc2ccc(S(C)(=O)=O)cc2)sc2cc(S(N)(=O)=O)ccc21. The van der Waals surface area contributed by atoms with E-state index in [1.165, 1.54) is 35.6 Å². The van der Waals surface area contributed by atoms with Crippen LogP contribution in [0, 0.1) is 0 Å². The zero-order chi connectivity index (χ0) is 22.1. The predicted octanol–water partition coefficient (Wildman–Crippen LogP) is 1.61. The maximum absolute atomic E-state index is 12.5. The monoisotopic (exact) mass is 465 g/mol. The summed E-state index contributed by atoms with van der Waals surface area (Å²) in [6, 6.07) is 10.5. The Labute approximate surface area is 178 Å². The molecule has 0 saturated heterocycles. The molecule has 0 aliphatic rings. The number of fused-ring (bicyclic) bond motifs is 1. The Morgan fingerprint density at radius 1 is 1.13 bits per heavy atom. The highest BCUT2D eigenvalue weighted by atomic mass is 32.2. The lowest BCUT2D eigenvalue weighted by Gasteiger charge is -2.03. The fourth-order valence-corrected chi connectivity index (χ4v) is 5.14. The molecule has 0 spiro atoms. The molecule has 0 unspecified atom stereocenters. The molecule has 1 aromatic heterocycles. The van der Waals surface area contributed by atoms with E-state index in [4.69, 9.17) is 5.14 Å². The van der Waals surface area contributed by atoms with Crippen molar-refractivity contribution in [3.05, 3.63) is 65.5 Å². The summed E-state index contributed by atoms with van der Waals surface area (Å²) in [5.74, 6) is -0.418. The molecule has 0 aliphatic carbocycles. The summed E-state index contributed by atoms with van der Waals surface area (Å²) >= 11 is 1.17. The number of thiazole rings is 1. The van der Waals surface area contributed by atoms with Gasteiger partial charge in [0.05, 0.1) is 26.4 Å². The number of rotatable bonds is 6. The van der Waals surface area contributed by atoms with Crippen molar-refractivity contribution in [2.75, 3.05) is 6.26 Å². The first-order valence-corrected chi connectivity index (χ1v) is 12.9. The smallest absolute Gasteiger partial charge is 0.252 e. The fourth-order valence-electron chi connectivity index (χ4n) is 2.80. The van der Waals surface area contributed by atoms with Crippen molar-refractivity contribution < 1.29 is 21.6 Å². The van der Waals surface area contributed by atoms with Crippen molar-refractivity contribution in [3.63, 3.8) is 0 Å². The van der Waals surface area contributed by atoms with E-state index in [0.717, 1.165) is 6.26 Å². The lowest BCUT2D eigenvalue weighted by Crippen LogP contribution is -2.17. The number of nitrogens with zero attached hydrogens (tertiary/aromatic N) is 2. The van der Waals surface area contributed by atoms with Crippen LogP contribution in [-0.2, 0) is 37.6 Å². The third-order valence-electron chi connectivity index (χ3n) is 4.22. The summed E-state index contributed by atoms with van der Waals surface area (Å²) in [5.41, 5.74) is 1.33. The molecular weight excluding hydrogens is 446 g/mol. The molecule has 2 N–H and O–H groups in total. The average Bonchev–Trinajstić information content (AvgIpc) is 2.97. The molecule has 30 heavy (non-hydrogen) atoms. The highest BCUT2D eigenvalue weighted by molar-refractivity contribution is 7.90. The number of hydrogen-bond acceptors (Lipinski definition) is 6. The van der Waals surface area contributed by atoms with Crippen LogP contribution in [0.3, 0.4) is 0 Å². The van der Waals surface area contributed by atoms with Crippen LogP contribution >= 0.6 is 11.3 Å². The molecule has 0 fully saturated rings. The van der Waals surface area contributed by atoms with Crippen LogP contribution in [0.5, 0.6) is 0 Å². The first-order valence-electron chi connectivity index (χ1n) is 8.62. The van der Waals surface area contributed by atoms with Gasteiger partial charge in [0.25, 0.3) is 5.91 Å². The summed E-state index contributed by atoms with van der Waals surface area (Å²) in [6.07, 6.45) is 2.76. The Morgan fingerprint density at radius 2 is 1.77 bits per heavy atom. The minimum Gasteiger partial charge on any atom is -0.313 e. The molecule has 8 nitrogen and oxygen atoms in total. The van der Waals surface area contributed by atoms with Crippen molar-refractivity contribution in [1.82, 2.24) is 4.57 Å². The highest BCUT2D eigenvalue weighted by Crippen LogP contribution is 2.21. The van der Waals surface area contributed by atoms with E-state index < -0.39 is 25.8 Å². The molecule has 0 radical (unpaired) electrons. The van der Waals surface area contributed by atoms with Gasteiger partial charge in [-0.3, -0.25) is 4.79 Å². The Hall–Kier alpha value is -2.60. The number of aromatic nitrogens is 1. The second-order valence-corrected chi connectivity index (χ2v) is 11.1. The van der Waals surface area contributed by atoms with Crippen molar-refractivity contribution in [2.45, 2.75) is 22.8 Å². The number of nitrogens with two attached hydrogens (primary N) is 1. The van der Waals surface area contributed by atoms with Gasteiger partial charge in [0, 0.05) is 12.8 Å². The zero-order valence-electron chi connectivity index (χ0n) is 16.0. The summed E-state index contributed by atoms with van der Waals surface area (Å²) in [4.78, 5) is 17.2. The molecule has 2 aromatic carbocycles. The van der Waals surface area contributed by atoms with Gasteiger partial charge in [-0.25, -0.2) is 22.0 Å². The van der Waals surface area contributed by atoms with Crippen LogP contribution in [-0.4, -0.2) is 33.6 Å². The number of carbonyl (C=O) groups excluding carboxylic acids is 1. The number of allylic oxidation sites excluding steroid dienone is 1. The lowest BCUT2D eigenvalue weighted by molar-refractivity contribution is -0.117. The largest absolute Gasteiger partial charge is 0.313 e. The number of primary sulfonamides is 1. The number of hydrogen-bond donors (Lipinski definition) is 1. The Kier molecular flexibility index (Phi) is 6.09. The Morgan fingerprint density at radius 3 is 2.33 bits per heavy atom. The van der Waals surface area contributed by atoms with E-state index in [1.807, 2.05) is 0 Å². The van der Waals surface area contributed by atoms with E-state index in [0.29, 0.717) is 27.1 Å². The first-order chi connectivity index (χ1) is 14.0. The molecular formula is C19H19N3O5S3. The second-order valence-electron chi connectivity index (χ2n) is 6.56. The minimum atomic E-state index is -3.85. The topological polar surface area (TPSA) is 129 Å². The molecule has 0 atom stereocenters. The normalized spacial score (nSPS) is 12.9. The summed E-state index contributed by atoms with van der Waals surface area (Å²) in [7, 11) is -7.16. The average molecular weight is 466 g/mol. The van der Waals surface area contributed by atoms with Crippen LogP contribution in [0.2, 0.25) is 0 Å². The summed E-state index contributed by atoms with van der Waals surface area (Å²) in [6.45, 7) is 4.09. The van der Waals surface area contributed by atoms with Crippen LogP contribution in [0.15, 0.2) is 69.9 Å². The predicted molar refractivity (Wildman–Crippen MR) is 115 cm³/mol. The number of amides is 1. The zero-order valence-corrected chi connectivity index (χ0v) is 18.4. The molecule has 0 aliphatic heterocycles. The number of benzene rings is 2. The van der Waals surface area contributed by atoms with E-state index in [-0.39, 0.29) is 16.2 Å². The molecule has 3 aromatic rings. The summed E-state index contributed by atoms with van der Waals surface area (Å²) < 4.78 is 48.7. The van der Waals surface area contributed by atoms with Gasteiger partial charge in [-0.15, -0.1) is 6.58 Å². The van der Waals surface area contributed by atoms with Crippen molar-refractivity contribution in [1.29, 1.82) is 0 Å². The van der Waals surface area contributed by atoms with Gasteiger partial charge in [0.1, 0.15) is 0 Å². The van der Waals surface area contributed by atoms with Gasteiger partial charge in [0.15, 0.2) is 14.6 Å². The van der Waals surface area contributed by atoms with Gasteiger partial charge < -0.3 is 4.57 Å². The number of carbonyl (C=O) groups is 1.